The van der Waals surface area contributed by atoms with E-state index in [1.165, 1.54) is 0 Å². The average Bonchev–Trinajstić information content (AvgIpc) is 2.85. The molecule has 0 N–H and O–H groups in total. The number of rotatable bonds is 12. The van der Waals surface area contributed by atoms with Crippen LogP contribution in [-0.2, 0) is 14.2 Å². The van der Waals surface area contributed by atoms with Crippen LogP contribution in [0.1, 0.15) is 0 Å². The molecule has 3 aromatic rings. The summed E-state index contributed by atoms with van der Waals surface area (Å²) in [4.78, 5) is 0. The fraction of sp³-hybridized carbons (Fsp3) is 0.250. The van der Waals surface area contributed by atoms with Gasteiger partial charge in [-0.25, -0.2) is 0 Å². The molecule has 0 bridgehead atoms. The Morgan fingerprint density at radius 2 is 0.848 bits per heavy atom. The summed E-state index contributed by atoms with van der Waals surface area (Å²) < 4.78 is 34.5. The summed E-state index contributed by atoms with van der Waals surface area (Å²) in [5, 5.41) is 0. The van der Waals surface area contributed by atoms with Gasteiger partial charge >= 0.3 is 203 Å². The van der Waals surface area contributed by atoms with Crippen LogP contribution in [0.3, 0.4) is 0 Å². The Balaban J connectivity index is 2.21. The molecule has 0 amide bonds. The Morgan fingerprint density at radius 3 is 1.12 bits per heavy atom. The van der Waals surface area contributed by atoms with E-state index < -0.39 is 16.4 Å². The predicted octanol–water partition coefficient (Wildman–Crippen LogP) is 3.53. The Hall–Kier alpha value is -1.60. The second-order valence-electron chi connectivity index (χ2n) is 7.05. The maximum absolute atomic E-state index is 7.71. The molecule has 0 aromatic heterocycles. The molecule has 0 aliphatic carbocycles. The van der Waals surface area contributed by atoms with E-state index in [-0.39, 0.29) is 20.4 Å². The van der Waals surface area contributed by atoms with Gasteiger partial charge in [0.25, 0.3) is 0 Å². The maximum atomic E-state index is 7.71. The van der Waals surface area contributed by atoms with Crippen LogP contribution in [0.25, 0.3) is 0 Å². The van der Waals surface area contributed by atoms with Crippen molar-refractivity contribution in [3.63, 3.8) is 0 Å². The van der Waals surface area contributed by atoms with Crippen LogP contribution in [-0.4, -0.2) is 58.1 Å². The molecule has 9 heteroatoms. The van der Waals surface area contributed by atoms with E-state index in [2.05, 4.69) is 0 Å². The van der Waals surface area contributed by atoms with Crippen molar-refractivity contribution in [1.82, 2.24) is 0 Å². The van der Waals surface area contributed by atoms with E-state index in [9.17, 15) is 0 Å². The first-order valence-electron chi connectivity index (χ1n) is 10.0. The number of ether oxygens (including phenoxy) is 6. The van der Waals surface area contributed by atoms with E-state index in [1.54, 1.807) is 21.3 Å². The van der Waals surface area contributed by atoms with Crippen molar-refractivity contribution < 1.29 is 28.4 Å². The quantitative estimate of drug-likeness (QED) is 0.214. The summed E-state index contributed by atoms with van der Waals surface area (Å²) in [5.41, 5.74) is 0. The molecule has 178 valence electrons. The molecule has 0 saturated carbocycles. The molecule has 0 unspecified atom stereocenters. The van der Waals surface area contributed by atoms with Gasteiger partial charge in [-0.3, -0.25) is 0 Å². The molecular formula is C24H27BiCl2O6. The molecule has 0 radical (unpaired) electrons. The monoisotopic (exact) mass is 690 g/mol. The van der Waals surface area contributed by atoms with Gasteiger partial charge in [0.1, 0.15) is 0 Å². The molecule has 6 nitrogen and oxygen atoms in total. The van der Waals surface area contributed by atoms with Gasteiger partial charge in [-0.1, -0.05) is 0 Å². The third kappa shape index (κ3) is 5.91. The average molecular weight is 691 g/mol. The van der Waals surface area contributed by atoms with Gasteiger partial charge < -0.3 is 0 Å². The Bertz CT molecular complexity index is 930. The van der Waals surface area contributed by atoms with Crippen LogP contribution in [0.15, 0.2) is 72.8 Å². The fourth-order valence-corrected chi connectivity index (χ4v) is 20.5. The summed E-state index contributed by atoms with van der Waals surface area (Å²) in [5.74, 6) is 1.82. The molecule has 0 aliphatic rings. The number of halogens is 2. The summed E-state index contributed by atoms with van der Waals surface area (Å²) in [7, 11) is 20.1. The van der Waals surface area contributed by atoms with Crippen LogP contribution in [0.2, 0.25) is 0 Å². The Morgan fingerprint density at radius 1 is 0.545 bits per heavy atom. The van der Waals surface area contributed by atoms with Gasteiger partial charge in [0.15, 0.2) is 0 Å². The van der Waals surface area contributed by atoms with Crippen molar-refractivity contribution in [1.29, 1.82) is 0 Å². The summed E-state index contributed by atoms with van der Waals surface area (Å²) in [6, 6.07) is 22.5. The normalized spacial score (nSPS) is 12.6. The fourth-order valence-electron chi connectivity index (χ4n) is 3.28. The van der Waals surface area contributed by atoms with E-state index in [0.29, 0.717) is 17.2 Å². The van der Waals surface area contributed by atoms with Gasteiger partial charge in [-0.05, 0) is 0 Å². The van der Waals surface area contributed by atoms with Crippen molar-refractivity contribution in [2.45, 2.75) is 0 Å². The van der Waals surface area contributed by atoms with Crippen LogP contribution >= 0.6 is 17.0 Å². The summed E-state index contributed by atoms with van der Waals surface area (Å²) in [6.07, 6.45) is 0. The summed E-state index contributed by atoms with van der Waals surface area (Å²) in [6.45, 7) is 0.333. The minimum atomic E-state index is -5.26. The Kier molecular flexibility index (Phi) is 9.22. The number of methoxy groups -OCH3 is 3. The van der Waals surface area contributed by atoms with Crippen LogP contribution in [0.5, 0.6) is 17.2 Å². The summed E-state index contributed by atoms with van der Waals surface area (Å²) >= 11 is -5.26. The zero-order valence-electron chi connectivity index (χ0n) is 18.7. The third-order valence-corrected chi connectivity index (χ3v) is 28.9. The molecule has 33 heavy (non-hydrogen) atoms. The first-order valence-corrected chi connectivity index (χ1v) is 23.8. The molecular weight excluding hydrogens is 664 g/mol. The third-order valence-electron chi connectivity index (χ3n) is 4.84. The van der Waals surface area contributed by atoms with Gasteiger partial charge in [0.2, 0.25) is 0 Å². The molecule has 0 fully saturated rings. The first kappa shape index (κ1) is 26.0. The number of benzene rings is 3. The van der Waals surface area contributed by atoms with Crippen LogP contribution in [0, 0.1) is 0 Å². The minimum absolute atomic E-state index is 0.111. The molecule has 0 atom stereocenters. The van der Waals surface area contributed by atoms with E-state index in [4.69, 9.17) is 45.4 Å². The van der Waals surface area contributed by atoms with Crippen molar-refractivity contribution in [3.8, 4) is 17.2 Å². The molecule has 0 aliphatic heterocycles. The van der Waals surface area contributed by atoms with E-state index in [0.717, 1.165) is 9.81 Å². The Labute approximate surface area is 202 Å². The second-order valence-corrected chi connectivity index (χ2v) is 33.5. The number of hydrogen-bond donors (Lipinski definition) is 0. The SMILES string of the molecule is COCOc1ccc[c]([Bi]([Cl])([Cl])([c]2cccc(OCOC)c2)[c]2cccc(OCOC)c2)c1. The van der Waals surface area contributed by atoms with Gasteiger partial charge in [0, 0.05) is 0 Å². The topological polar surface area (TPSA) is 55.4 Å². The van der Waals surface area contributed by atoms with Crippen molar-refractivity contribution in [3.05, 3.63) is 72.8 Å². The van der Waals surface area contributed by atoms with Gasteiger partial charge in [-0.15, -0.1) is 0 Å². The van der Waals surface area contributed by atoms with Crippen molar-refractivity contribution in [2.24, 2.45) is 0 Å². The molecule has 3 aromatic carbocycles. The zero-order valence-corrected chi connectivity index (χ0v) is 23.7. The molecule has 0 spiro atoms. The first-order chi connectivity index (χ1) is 15.9. The zero-order chi connectivity index (χ0) is 23.8. The van der Waals surface area contributed by atoms with E-state index >= 15 is 0 Å². The predicted molar refractivity (Wildman–Crippen MR) is 133 cm³/mol. The molecule has 3 rings (SSSR count). The van der Waals surface area contributed by atoms with Gasteiger partial charge in [-0.2, -0.15) is 0 Å². The molecule has 0 saturated heterocycles. The molecule has 0 heterocycles. The van der Waals surface area contributed by atoms with Crippen molar-refractivity contribution >= 4 is 43.2 Å². The van der Waals surface area contributed by atoms with Crippen molar-refractivity contribution in [2.75, 3.05) is 41.7 Å². The second kappa shape index (κ2) is 11.7. The number of hydrogen-bond acceptors (Lipinski definition) is 6. The van der Waals surface area contributed by atoms with Crippen LogP contribution in [0.4, 0.5) is 0 Å². The van der Waals surface area contributed by atoms with E-state index in [1.807, 2.05) is 72.8 Å². The standard InChI is InChI=1S/3C8H9O2.Bi.2ClH/c3*1-9-7-10-8-5-3-2-4-6-8;;;/h3*2-3,5-6H,7H2,1H3;;2*1H/q;;;+2;;/p-2. The van der Waals surface area contributed by atoms with Gasteiger partial charge in [0.05, 0.1) is 0 Å². The van der Waals surface area contributed by atoms with Crippen LogP contribution < -0.4 is 24.0 Å².